The van der Waals surface area contributed by atoms with E-state index in [1.807, 2.05) is 20.8 Å². The van der Waals surface area contributed by atoms with E-state index >= 15 is 0 Å². The largest absolute Gasteiger partial charge is 0.444 e. The molecule has 2 rings (SSSR count). The van der Waals surface area contributed by atoms with Gasteiger partial charge in [0.25, 0.3) is 11.8 Å². The summed E-state index contributed by atoms with van der Waals surface area (Å²) in [6.07, 6.45) is 0. The van der Waals surface area contributed by atoms with Crippen molar-refractivity contribution in [2.45, 2.75) is 26.8 Å². The minimum absolute atomic E-state index is 0.0706. The van der Waals surface area contributed by atoms with Crippen LogP contribution in [0.15, 0.2) is 45.5 Å². The fourth-order valence-electron chi connectivity index (χ4n) is 1.82. The summed E-state index contributed by atoms with van der Waals surface area (Å²) in [5, 5.41) is 5.64. The zero-order chi connectivity index (χ0) is 17.0. The fourth-order valence-corrected chi connectivity index (χ4v) is 2.13. The van der Waals surface area contributed by atoms with Crippen LogP contribution in [0.25, 0.3) is 0 Å². The Morgan fingerprint density at radius 1 is 1.09 bits per heavy atom. The average Bonchev–Trinajstić information content (AvgIpc) is 2.94. The van der Waals surface area contributed by atoms with Gasteiger partial charge in [0.05, 0.1) is 0 Å². The maximum atomic E-state index is 12.2. The third-order valence-corrected chi connectivity index (χ3v) is 3.96. The Hall–Kier alpha value is -2.08. The second-order valence-corrected chi connectivity index (χ2v) is 6.43. The van der Waals surface area contributed by atoms with Gasteiger partial charge in [-0.05, 0) is 59.1 Å². The number of anilines is 1. The van der Waals surface area contributed by atoms with Gasteiger partial charge < -0.3 is 15.1 Å². The van der Waals surface area contributed by atoms with Crippen molar-refractivity contribution in [3.8, 4) is 0 Å². The van der Waals surface area contributed by atoms with Crippen molar-refractivity contribution >= 4 is 33.4 Å². The van der Waals surface area contributed by atoms with Gasteiger partial charge in [0.2, 0.25) is 0 Å². The van der Waals surface area contributed by atoms with Crippen LogP contribution in [0.4, 0.5) is 5.69 Å². The Labute approximate surface area is 143 Å². The van der Waals surface area contributed by atoms with Crippen molar-refractivity contribution in [1.29, 1.82) is 0 Å². The summed E-state index contributed by atoms with van der Waals surface area (Å²) >= 11 is 3.15. The van der Waals surface area contributed by atoms with E-state index in [1.165, 1.54) is 0 Å². The normalized spacial score (nSPS) is 12.0. The summed E-state index contributed by atoms with van der Waals surface area (Å²) in [5.74, 6) is 0.00578. The minimum atomic E-state index is -0.371. The van der Waals surface area contributed by atoms with Crippen LogP contribution in [-0.4, -0.2) is 17.9 Å². The highest BCUT2D eigenvalue weighted by atomic mass is 79.9. The monoisotopic (exact) mass is 378 g/mol. The van der Waals surface area contributed by atoms with Crippen LogP contribution in [0.1, 0.15) is 41.7 Å². The summed E-state index contributed by atoms with van der Waals surface area (Å²) in [4.78, 5) is 24.3. The van der Waals surface area contributed by atoms with Crippen molar-refractivity contribution in [3.63, 3.8) is 0 Å². The molecule has 1 aromatic heterocycles. The van der Waals surface area contributed by atoms with Gasteiger partial charge in [-0.3, -0.25) is 9.59 Å². The van der Waals surface area contributed by atoms with Crippen LogP contribution in [0.5, 0.6) is 0 Å². The van der Waals surface area contributed by atoms with E-state index < -0.39 is 0 Å². The van der Waals surface area contributed by atoms with E-state index in [1.54, 1.807) is 36.4 Å². The molecule has 5 nitrogen and oxygen atoms in total. The summed E-state index contributed by atoms with van der Waals surface area (Å²) < 4.78 is 5.68. The van der Waals surface area contributed by atoms with E-state index in [2.05, 4.69) is 26.6 Å². The van der Waals surface area contributed by atoms with E-state index in [9.17, 15) is 9.59 Å². The van der Waals surface area contributed by atoms with Gasteiger partial charge >= 0.3 is 0 Å². The maximum absolute atomic E-state index is 12.2. The Kier molecular flexibility index (Phi) is 5.60. The molecule has 0 aliphatic carbocycles. The number of hydrogen-bond acceptors (Lipinski definition) is 3. The van der Waals surface area contributed by atoms with Gasteiger partial charge in [-0.25, -0.2) is 0 Å². The number of rotatable bonds is 5. The lowest BCUT2D eigenvalue weighted by Crippen LogP contribution is -2.36. The SMILES string of the molecule is CC(C)[C@H](C)NC(=O)c1cccc(NC(=O)c2ccc(Br)o2)c1. The zero-order valence-electron chi connectivity index (χ0n) is 13.2. The topological polar surface area (TPSA) is 71.3 Å². The molecular weight excluding hydrogens is 360 g/mol. The summed E-state index contributed by atoms with van der Waals surface area (Å²) in [6.45, 7) is 6.05. The lowest BCUT2D eigenvalue weighted by atomic mass is 10.1. The molecule has 0 saturated heterocycles. The summed E-state index contributed by atoms with van der Waals surface area (Å²) in [5.41, 5.74) is 1.03. The number of nitrogens with one attached hydrogen (secondary N) is 2. The van der Waals surface area contributed by atoms with E-state index in [0.29, 0.717) is 21.8 Å². The molecule has 6 heteroatoms. The number of halogens is 1. The average molecular weight is 379 g/mol. The predicted molar refractivity (Wildman–Crippen MR) is 92.6 cm³/mol. The molecule has 0 unspecified atom stereocenters. The molecule has 0 saturated carbocycles. The number of hydrogen-bond donors (Lipinski definition) is 2. The number of carbonyl (C=O) groups excluding carboxylic acids is 2. The molecule has 0 bridgehead atoms. The second-order valence-electron chi connectivity index (χ2n) is 5.64. The molecule has 23 heavy (non-hydrogen) atoms. The van der Waals surface area contributed by atoms with Crippen molar-refractivity contribution in [2.75, 3.05) is 5.32 Å². The number of carbonyl (C=O) groups is 2. The molecule has 1 aromatic carbocycles. The molecule has 1 atom stereocenters. The number of amides is 2. The lowest BCUT2D eigenvalue weighted by Gasteiger charge is -2.17. The first kappa shape index (κ1) is 17.3. The Balaban J connectivity index is 2.07. The highest BCUT2D eigenvalue weighted by Gasteiger charge is 2.14. The molecule has 0 radical (unpaired) electrons. The second kappa shape index (κ2) is 7.46. The molecule has 1 heterocycles. The van der Waals surface area contributed by atoms with Gasteiger partial charge in [-0.1, -0.05) is 19.9 Å². The summed E-state index contributed by atoms with van der Waals surface area (Å²) in [6, 6.07) is 10.1. The molecule has 0 aliphatic heterocycles. The van der Waals surface area contributed by atoms with Crippen LogP contribution in [-0.2, 0) is 0 Å². The van der Waals surface area contributed by atoms with Crippen LogP contribution in [0.3, 0.4) is 0 Å². The number of benzene rings is 1. The smallest absolute Gasteiger partial charge is 0.291 e. The van der Waals surface area contributed by atoms with Gasteiger partial charge in [-0.2, -0.15) is 0 Å². The van der Waals surface area contributed by atoms with E-state index in [4.69, 9.17) is 4.42 Å². The fraction of sp³-hybridized carbons (Fsp3) is 0.294. The first-order chi connectivity index (χ1) is 10.9. The van der Waals surface area contributed by atoms with Crippen LogP contribution in [0, 0.1) is 5.92 Å². The van der Waals surface area contributed by atoms with E-state index in [-0.39, 0.29) is 23.6 Å². The van der Waals surface area contributed by atoms with Gasteiger partial charge in [-0.15, -0.1) is 0 Å². The van der Waals surface area contributed by atoms with Gasteiger partial charge in [0, 0.05) is 17.3 Å². The van der Waals surface area contributed by atoms with Crippen molar-refractivity contribution in [3.05, 3.63) is 52.4 Å². The van der Waals surface area contributed by atoms with E-state index in [0.717, 1.165) is 0 Å². The van der Waals surface area contributed by atoms with Crippen molar-refractivity contribution in [2.24, 2.45) is 5.92 Å². The number of furan rings is 1. The van der Waals surface area contributed by atoms with Crippen LogP contribution < -0.4 is 10.6 Å². The standard InChI is InChI=1S/C17H19BrN2O3/c1-10(2)11(3)19-16(21)12-5-4-6-13(9-12)20-17(22)14-7-8-15(18)23-14/h4-11H,1-3H3,(H,19,21)(H,20,22)/t11-/m0/s1. The molecule has 2 aromatic rings. The highest BCUT2D eigenvalue weighted by Crippen LogP contribution is 2.17. The first-order valence-corrected chi connectivity index (χ1v) is 8.13. The summed E-state index contributed by atoms with van der Waals surface area (Å²) in [7, 11) is 0. The molecule has 122 valence electrons. The zero-order valence-corrected chi connectivity index (χ0v) is 14.8. The molecule has 2 N–H and O–H groups in total. The van der Waals surface area contributed by atoms with Crippen LogP contribution in [0.2, 0.25) is 0 Å². The molecule has 0 fully saturated rings. The highest BCUT2D eigenvalue weighted by molar-refractivity contribution is 9.10. The Morgan fingerprint density at radius 2 is 1.83 bits per heavy atom. The first-order valence-electron chi connectivity index (χ1n) is 7.34. The van der Waals surface area contributed by atoms with Crippen LogP contribution >= 0.6 is 15.9 Å². The van der Waals surface area contributed by atoms with Crippen molar-refractivity contribution in [1.82, 2.24) is 5.32 Å². The maximum Gasteiger partial charge on any atom is 0.291 e. The lowest BCUT2D eigenvalue weighted by molar-refractivity contribution is 0.0929. The molecule has 2 amide bonds. The molecule has 0 aliphatic rings. The molecular formula is C17H19BrN2O3. The quantitative estimate of drug-likeness (QED) is 0.823. The van der Waals surface area contributed by atoms with Gasteiger partial charge in [0.1, 0.15) is 0 Å². The van der Waals surface area contributed by atoms with Crippen molar-refractivity contribution < 1.29 is 14.0 Å². The molecule has 0 spiro atoms. The van der Waals surface area contributed by atoms with Gasteiger partial charge in [0.15, 0.2) is 10.4 Å². The Morgan fingerprint density at radius 3 is 2.43 bits per heavy atom. The minimum Gasteiger partial charge on any atom is -0.444 e. The predicted octanol–water partition coefficient (Wildman–Crippen LogP) is 4.07. The third kappa shape index (κ3) is 4.69. The third-order valence-electron chi connectivity index (χ3n) is 3.54. The Bertz CT molecular complexity index is 709.